The summed E-state index contributed by atoms with van der Waals surface area (Å²) in [7, 11) is 0. The molecular weight excluding hydrogens is 308 g/mol. The number of hydrogen-bond donors (Lipinski definition) is 1. The van der Waals surface area contributed by atoms with Gasteiger partial charge in [0.05, 0.1) is 18.9 Å². The Kier molecular flexibility index (Phi) is 5.65. The lowest BCUT2D eigenvalue weighted by Gasteiger charge is -2.24. The zero-order valence-electron chi connectivity index (χ0n) is 14.6. The molecule has 23 heavy (non-hydrogen) atoms. The van der Waals surface area contributed by atoms with Gasteiger partial charge in [0.1, 0.15) is 16.5 Å². The second kappa shape index (κ2) is 7.32. The van der Waals surface area contributed by atoms with Crippen LogP contribution in [-0.4, -0.2) is 18.2 Å². The Hall–Kier alpha value is -1.59. The first-order valence-electron chi connectivity index (χ1n) is 7.99. The Morgan fingerprint density at radius 1 is 1.09 bits per heavy atom. The van der Waals surface area contributed by atoms with Crippen LogP contribution < -0.4 is 15.2 Å². The van der Waals surface area contributed by atoms with Crippen molar-refractivity contribution < 1.29 is 9.47 Å². The Labute approximate surface area is 142 Å². The first kappa shape index (κ1) is 17.8. The Bertz CT molecular complexity index is 660. The highest BCUT2D eigenvalue weighted by Crippen LogP contribution is 2.41. The summed E-state index contributed by atoms with van der Waals surface area (Å²) in [5.74, 6) is 1.73. The zero-order valence-corrected chi connectivity index (χ0v) is 15.4. The molecule has 4 nitrogen and oxygen atoms in total. The van der Waals surface area contributed by atoms with Gasteiger partial charge < -0.3 is 15.2 Å². The summed E-state index contributed by atoms with van der Waals surface area (Å²) in [5.41, 5.74) is 8.65. The number of nitrogens with two attached hydrogens (primary N) is 1. The molecule has 0 radical (unpaired) electrons. The number of rotatable bonds is 6. The van der Waals surface area contributed by atoms with Gasteiger partial charge in [0, 0.05) is 23.1 Å². The third-order valence-electron chi connectivity index (χ3n) is 3.49. The molecule has 2 N–H and O–H groups in total. The minimum absolute atomic E-state index is 0.0284. The Balaban J connectivity index is 2.61. The fraction of sp³-hybridized carbons (Fsp3) is 0.500. The van der Waals surface area contributed by atoms with Crippen molar-refractivity contribution in [3.63, 3.8) is 0 Å². The first-order valence-corrected chi connectivity index (χ1v) is 8.87. The standard InChI is InChI=1S/C18H26N2O2S/c1-6-21-15-9-13(18(3,4)5)16(22-7-2)8-12(15)14-11-23-17(10-19)20-14/h8-9,11H,6-7,10,19H2,1-5H3. The summed E-state index contributed by atoms with van der Waals surface area (Å²) in [6.45, 7) is 12.2. The van der Waals surface area contributed by atoms with Gasteiger partial charge in [-0.15, -0.1) is 11.3 Å². The first-order chi connectivity index (χ1) is 10.9. The lowest BCUT2D eigenvalue weighted by Crippen LogP contribution is -2.14. The van der Waals surface area contributed by atoms with Crippen LogP contribution in [0.25, 0.3) is 11.3 Å². The van der Waals surface area contributed by atoms with E-state index < -0.39 is 0 Å². The minimum atomic E-state index is -0.0284. The molecule has 1 aromatic heterocycles. The van der Waals surface area contributed by atoms with E-state index in [2.05, 4.69) is 31.8 Å². The molecule has 0 spiro atoms. The zero-order chi connectivity index (χ0) is 17.0. The van der Waals surface area contributed by atoms with E-state index in [1.165, 1.54) is 0 Å². The van der Waals surface area contributed by atoms with E-state index in [0.717, 1.165) is 33.3 Å². The largest absolute Gasteiger partial charge is 0.494 e. The van der Waals surface area contributed by atoms with E-state index in [9.17, 15) is 0 Å². The number of nitrogens with zero attached hydrogens (tertiary/aromatic N) is 1. The predicted octanol–water partition coefficient (Wildman–Crippen LogP) is 4.36. The van der Waals surface area contributed by atoms with E-state index >= 15 is 0 Å². The molecule has 2 aromatic rings. The second-order valence-corrected chi connectivity index (χ2v) is 7.23. The van der Waals surface area contributed by atoms with Crippen LogP contribution in [-0.2, 0) is 12.0 Å². The molecule has 5 heteroatoms. The summed E-state index contributed by atoms with van der Waals surface area (Å²) in [5, 5.41) is 2.94. The number of aromatic nitrogens is 1. The van der Waals surface area contributed by atoms with Gasteiger partial charge >= 0.3 is 0 Å². The van der Waals surface area contributed by atoms with Gasteiger partial charge in [0.2, 0.25) is 0 Å². The third kappa shape index (κ3) is 4.03. The molecule has 0 unspecified atom stereocenters. The number of ether oxygens (including phenoxy) is 2. The monoisotopic (exact) mass is 334 g/mol. The SMILES string of the molecule is CCOc1cc(C(C)(C)C)c(OCC)cc1-c1csc(CN)n1. The van der Waals surface area contributed by atoms with Gasteiger partial charge in [-0.05, 0) is 31.4 Å². The van der Waals surface area contributed by atoms with Crippen molar-refractivity contribution in [3.05, 3.63) is 28.1 Å². The van der Waals surface area contributed by atoms with E-state index in [1.54, 1.807) is 11.3 Å². The van der Waals surface area contributed by atoms with Crippen molar-refractivity contribution >= 4 is 11.3 Å². The number of benzene rings is 1. The molecule has 0 aliphatic rings. The fourth-order valence-electron chi connectivity index (χ4n) is 2.42. The molecule has 0 fully saturated rings. The van der Waals surface area contributed by atoms with E-state index in [-0.39, 0.29) is 5.41 Å². The molecule has 0 saturated heterocycles. The van der Waals surface area contributed by atoms with Crippen molar-refractivity contribution in [1.29, 1.82) is 0 Å². The quantitative estimate of drug-likeness (QED) is 0.852. The highest BCUT2D eigenvalue weighted by Gasteiger charge is 2.23. The minimum Gasteiger partial charge on any atom is -0.494 e. The maximum absolute atomic E-state index is 5.89. The fourth-order valence-corrected chi connectivity index (χ4v) is 3.10. The van der Waals surface area contributed by atoms with Gasteiger partial charge in [-0.3, -0.25) is 0 Å². The van der Waals surface area contributed by atoms with Crippen LogP contribution in [0.2, 0.25) is 0 Å². The highest BCUT2D eigenvalue weighted by atomic mass is 32.1. The van der Waals surface area contributed by atoms with Crippen LogP contribution >= 0.6 is 11.3 Å². The van der Waals surface area contributed by atoms with Gasteiger partial charge in [0.15, 0.2) is 0 Å². The molecular formula is C18H26N2O2S. The lowest BCUT2D eigenvalue weighted by molar-refractivity contribution is 0.322. The predicted molar refractivity (Wildman–Crippen MR) is 96.5 cm³/mol. The molecule has 0 bridgehead atoms. The van der Waals surface area contributed by atoms with Crippen LogP contribution in [0.4, 0.5) is 0 Å². The van der Waals surface area contributed by atoms with Gasteiger partial charge in [0.25, 0.3) is 0 Å². The molecule has 0 saturated carbocycles. The smallest absolute Gasteiger partial charge is 0.129 e. The molecule has 0 aliphatic heterocycles. The van der Waals surface area contributed by atoms with Gasteiger partial charge in [-0.25, -0.2) is 4.98 Å². The maximum Gasteiger partial charge on any atom is 0.129 e. The van der Waals surface area contributed by atoms with Crippen molar-refractivity contribution in [2.24, 2.45) is 5.73 Å². The lowest BCUT2D eigenvalue weighted by atomic mass is 9.85. The topological polar surface area (TPSA) is 57.4 Å². The molecule has 1 heterocycles. The van der Waals surface area contributed by atoms with Crippen LogP contribution in [0, 0.1) is 0 Å². The van der Waals surface area contributed by atoms with Gasteiger partial charge in [-0.1, -0.05) is 20.8 Å². The molecule has 0 amide bonds. The number of thiazole rings is 1. The Morgan fingerprint density at radius 3 is 2.26 bits per heavy atom. The van der Waals surface area contributed by atoms with E-state index in [1.807, 2.05) is 25.3 Å². The number of hydrogen-bond acceptors (Lipinski definition) is 5. The summed E-state index contributed by atoms with van der Waals surface area (Å²) >= 11 is 1.57. The maximum atomic E-state index is 5.89. The van der Waals surface area contributed by atoms with E-state index in [0.29, 0.717) is 19.8 Å². The van der Waals surface area contributed by atoms with E-state index in [4.69, 9.17) is 15.2 Å². The summed E-state index contributed by atoms with van der Waals surface area (Å²) in [6.07, 6.45) is 0. The second-order valence-electron chi connectivity index (χ2n) is 6.29. The highest BCUT2D eigenvalue weighted by molar-refractivity contribution is 7.09. The van der Waals surface area contributed by atoms with Crippen molar-refractivity contribution in [1.82, 2.24) is 4.98 Å². The molecule has 2 rings (SSSR count). The van der Waals surface area contributed by atoms with Crippen molar-refractivity contribution in [2.75, 3.05) is 13.2 Å². The molecule has 0 aliphatic carbocycles. The average Bonchev–Trinajstić information content (AvgIpc) is 2.96. The van der Waals surface area contributed by atoms with Crippen LogP contribution in [0.5, 0.6) is 11.5 Å². The van der Waals surface area contributed by atoms with Crippen molar-refractivity contribution in [2.45, 2.75) is 46.6 Å². The molecule has 1 aromatic carbocycles. The third-order valence-corrected chi connectivity index (χ3v) is 4.36. The van der Waals surface area contributed by atoms with Crippen LogP contribution in [0.1, 0.15) is 45.2 Å². The molecule has 126 valence electrons. The average molecular weight is 334 g/mol. The Morgan fingerprint density at radius 2 is 1.74 bits per heavy atom. The summed E-state index contributed by atoms with van der Waals surface area (Å²) in [6, 6.07) is 4.13. The van der Waals surface area contributed by atoms with Gasteiger partial charge in [-0.2, -0.15) is 0 Å². The van der Waals surface area contributed by atoms with Crippen LogP contribution in [0.15, 0.2) is 17.5 Å². The van der Waals surface area contributed by atoms with Crippen LogP contribution in [0.3, 0.4) is 0 Å². The summed E-state index contributed by atoms with van der Waals surface area (Å²) in [4.78, 5) is 4.59. The molecule has 0 atom stereocenters. The van der Waals surface area contributed by atoms with Crippen molar-refractivity contribution in [3.8, 4) is 22.8 Å². The summed E-state index contributed by atoms with van der Waals surface area (Å²) < 4.78 is 11.8. The normalized spacial score (nSPS) is 11.6.